The number of amides is 4. The maximum absolute atomic E-state index is 13.2. The number of carboxylic acids is 1. The average Bonchev–Trinajstić information content (AvgIpc) is 2.97. The summed E-state index contributed by atoms with van der Waals surface area (Å²) in [4.78, 5) is 65.1. The monoisotopic (exact) mass is 608 g/mol. The van der Waals surface area contributed by atoms with Crippen LogP contribution in [0.25, 0.3) is 0 Å². The number of carbonyl (C=O) groups excluding carboxylic acids is 4. The average molecular weight is 609 g/mol. The molecule has 16 heteroatoms. The van der Waals surface area contributed by atoms with Gasteiger partial charge in [0.25, 0.3) is 11.8 Å². The molecule has 1 heterocycles. The Labute approximate surface area is 253 Å². The summed E-state index contributed by atoms with van der Waals surface area (Å²) in [6.45, 7) is -0.403. The van der Waals surface area contributed by atoms with E-state index in [0.717, 1.165) is 0 Å². The molecular formula is C28H36N10O6. The van der Waals surface area contributed by atoms with E-state index in [1.54, 1.807) is 36.4 Å². The van der Waals surface area contributed by atoms with Crippen molar-refractivity contribution in [1.82, 2.24) is 20.4 Å². The molecule has 0 radical (unpaired) electrons. The van der Waals surface area contributed by atoms with Crippen molar-refractivity contribution in [3.05, 3.63) is 59.7 Å². The standard InChI is InChI=1S/C28H36N10O6/c29-27(30)35-19-8-4-17(5-9-19)24(42)33-12-2-1-3-21-26(44)37(16-23(40)41)13-14-38(21)22(39)15-34-25(43)18-6-10-20(11-7-18)36-28(31)32/h4-11,21H,1-3,12-16H2,(H,33,42)(H,34,43)(H,40,41)(H4,29,30,35)(H4,31,32,36). The number of guanidine groups is 2. The molecule has 2 aromatic carbocycles. The van der Waals surface area contributed by atoms with Gasteiger partial charge >= 0.3 is 5.97 Å². The van der Waals surface area contributed by atoms with E-state index in [4.69, 9.17) is 22.3 Å². The van der Waals surface area contributed by atoms with Crippen LogP contribution in [0.4, 0.5) is 11.4 Å². The van der Waals surface area contributed by atoms with E-state index in [2.05, 4.69) is 21.3 Å². The van der Waals surface area contributed by atoms with Crippen LogP contribution in [0.5, 0.6) is 0 Å². The van der Waals surface area contributed by atoms with Gasteiger partial charge in [0.05, 0.1) is 6.54 Å². The van der Waals surface area contributed by atoms with E-state index in [1.165, 1.54) is 21.9 Å². The zero-order chi connectivity index (χ0) is 32.2. The molecule has 0 aliphatic carbocycles. The van der Waals surface area contributed by atoms with Gasteiger partial charge in [0, 0.05) is 42.1 Å². The van der Waals surface area contributed by atoms with Crippen LogP contribution >= 0.6 is 0 Å². The Balaban J connectivity index is 1.54. The van der Waals surface area contributed by atoms with Crippen LogP contribution in [-0.2, 0) is 14.4 Å². The van der Waals surface area contributed by atoms with E-state index < -0.39 is 36.3 Å². The quantitative estimate of drug-likeness (QED) is 0.0818. The highest BCUT2D eigenvalue weighted by atomic mass is 16.4. The van der Waals surface area contributed by atoms with Crippen LogP contribution in [0.15, 0.2) is 48.5 Å². The molecule has 1 atom stereocenters. The summed E-state index contributed by atoms with van der Waals surface area (Å²) < 4.78 is 0. The highest BCUT2D eigenvalue weighted by molar-refractivity contribution is 5.98. The first kappa shape index (κ1) is 32.8. The van der Waals surface area contributed by atoms with Gasteiger partial charge < -0.3 is 47.6 Å². The molecule has 1 aliphatic rings. The van der Waals surface area contributed by atoms with E-state index in [1.807, 2.05) is 0 Å². The number of hydrogen-bond donors (Lipinski definition) is 9. The van der Waals surface area contributed by atoms with Gasteiger partial charge in [-0.1, -0.05) is 0 Å². The van der Waals surface area contributed by atoms with Crippen molar-refractivity contribution in [1.29, 1.82) is 10.8 Å². The van der Waals surface area contributed by atoms with Crippen molar-refractivity contribution in [3.63, 3.8) is 0 Å². The molecular weight excluding hydrogens is 572 g/mol. The Hall–Kier alpha value is -5.67. The van der Waals surface area contributed by atoms with Gasteiger partial charge in [0.15, 0.2) is 11.9 Å². The fourth-order valence-corrected chi connectivity index (χ4v) is 4.58. The van der Waals surface area contributed by atoms with E-state index >= 15 is 0 Å². The lowest BCUT2D eigenvalue weighted by atomic mass is 10.0. The predicted molar refractivity (Wildman–Crippen MR) is 162 cm³/mol. The van der Waals surface area contributed by atoms with Gasteiger partial charge in [0.2, 0.25) is 11.8 Å². The Morgan fingerprint density at radius 1 is 0.818 bits per heavy atom. The number of unbranched alkanes of at least 4 members (excludes halogenated alkanes) is 1. The molecule has 11 N–H and O–H groups in total. The number of rotatable bonds is 13. The number of anilines is 2. The number of carboxylic acid groups (broad SMARTS) is 1. The molecule has 1 unspecified atom stereocenters. The Bertz CT molecular complexity index is 1400. The van der Waals surface area contributed by atoms with Crippen LogP contribution < -0.4 is 32.7 Å². The van der Waals surface area contributed by atoms with Gasteiger partial charge in [-0.2, -0.15) is 0 Å². The third kappa shape index (κ3) is 9.71. The first-order valence-electron chi connectivity index (χ1n) is 13.7. The van der Waals surface area contributed by atoms with Crippen molar-refractivity contribution in [2.45, 2.75) is 25.3 Å². The molecule has 0 saturated carbocycles. The minimum atomic E-state index is -1.17. The summed E-state index contributed by atoms with van der Waals surface area (Å²) in [5.41, 5.74) is 12.4. The molecule has 2 aromatic rings. The van der Waals surface area contributed by atoms with Gasteiger partial charge in [-0.05, 0) is 67.8 Å². The van der Waals surface area contributed by atoms with Gasteiger partial charge in [-0.25, -0.2) is 0 Å². The normalized spacial score (nSPS) is 14.4. The van der Waals surface area contributed by atoms with Crippen molar-refractivity contribution in [3.8, 4) is 0 Å². The fourth-order valence-electron chi connectivity index (χ4n) is 4.58. The molecule has 1 saturated heterocycles. The molecule has 4 amide bonds. The summed E-state index contributed by atoms with van der Waals surface area (Å²) in [6.07, 6.45) is 1.18. The molecule has 1 aliphatic heterocycles. The second kappa shape index (κ2) is 15.5. The third-order valence-electron chi connectivity index (χ3n) is 6.67. The van der Waals surface area contributed by atoms with Crippen molar-refractivity contribution in [2.75, 3.05) is 43.4 Å². The molecule has 0 aromatic heterocycles. The van der Waals surface area contributed by atoms with Crippen LogP contribution in [0.3, 0.4) is 0 Å². The van der Waals surface area contributed by atoms with Crippen molar-refractivity contribution in [2.24, 2.45) is 11.5 Å². The van der Waals surface area contributed by atoms with E-state index in [9.17, 15) is 29.1 Å². The number of benzene rings is 2. The number of aliphatic carboxylic acids is 1. The fraction of sp³-hybridized carbons (Fsp3) is 0.321. The summed E-state index contributed by atoms with van der Waals surface area (Å²) in [5, 5.41) is 34.3. The van der Waals surface area contributed by atoms with Gasteiger partial charge in [0.1, 0.15) is 12.6 Å². The van der Waals surface area contributed by atoms with E-state index in [0.29, 0.717) is 36.3 Å². The summed E-state index contributed by atoms with van der Waals surface area (Å²) in [6, 6.07) is 11.6. The van der Waals surface area contributed by atoms with E-state index in [-0.39, 0.29) is 49.4 Å². The number of nitrogens with zero attached hydrogens (tertiary/aromatic N) is 2. The Kier molecular flexibility index (Phi) is 11.6. The SMILES string of the molecule is N=C(N)Nc1ccc(C(=O)NCCCCC2C(=O)N(CC(=O)O)CCN2C(=O)CNC(=O)c2ccc(NC(=N)N)cc2)cc1. The number of hydrogen-bond acceptors (Lipinski definition) is 7. The van der Waals surface area contributed by atoms with Crippen molar-refractivity contribution < 1.29 is 29.1 Å². The number of carbonyl (C=O) groups is 5. The topological polar surface area (TPSA) is 260 Å². The smallest absolute Gasteiger partial charge is 0.323 e. The lowest BCUT2D eigenvalue weighted by molar-refractivity contribution is -0.155. The molecule has 44 heavy (non-hydrogen) atoms. The second-order valence-corrected chi connectivity index (χ2v) is 9.92. The summed E-state index contributed by atoms with van der Waals surface area (Å²) in [5.74, 6) is -3.44. The second-order valence-electron chi connectivity index (χ2n) is 9.92. The van der Waals surface area contributed by atoms with Crippen LogP contribution in [0.2, 0.25) is 0 Å². The van der Waals surface area contributed by atoms with Gasteiger partial charge in [-0.3, -0.25) is 34.8 Å². The molecule has 0 bridgehead atoms. The predicted octanol–water partition coefficient (Wildman–Crippen LogP) is -0.249. The number of piperazine rings is 1. The van der Waals surface area contributed by atoms with Crippen LogP contribution in [0.1, 0.15) is 40.0 Å². The molecule has 16 nitrogen and oxygen atoms in total. The zero-order valence-corrected chi connectivity index (χ0v) is 23.9. The van der Waals surface area contributed by atoms with Gasteiger partial charge in [-0.15, -0.1) is 0 Å². The maximum atomic E-state index is 13.2. The molecule has 3 rings (SSSR count). The molecule has 234 valence electrons. The first-order chi connectivity index (χ1) is 20.9. The maximum Gasteiger partial charge on any atom is 0.323 e. The summed E-state index contributed by atoms with van der Waals surface area (Å²) in [7, 11) is 0. The highest BCUT2D eigenvalue weighted by Crippen LogP contribution is 2.18. The zero-order valence-electron chi connectivity index (χ0n) is 23.9. The number of nitrogens with two attached hydrogens (primary N) is 2. The lowest BCUT2D eigenvalue weighted by Crippen LogP contribution is -2.60. The minimum absolute atomic E-state index is 0.0444. The lowest BCUT2D eigenvalue weighted by Gasteiger charge is -2.40. The highest BCUT2D eigenvalue weighted by Gasteiger charge is 2.37. The Morgan fingerprint density at radius 3 is 1.84 bits per heavy atom. The Morgan fingerprint density at radius 2 is 1.34 bits per heavy atom. The largest absolute Gasteiger partial charge is 0.480 e. The third-order valence-corrected chi connectivity index (χ3v) is 6.67. The van der Waals surface area contributed by atoms with Crippen LogP contribution in [0, 0.1) is 10.8 Å². The molecule has 1 fully saturated rings. The molecule has 0 spiro atoms. The first-order valence-corrected chi connectivity index (χ1v) is 13.7. The van der Waals surface area contributed by atoms with Crippen molar-refractivity contribution >= 4 is 52.9 Å². The van der Waals surface area contributed by atoms with Crippen LogP contribution in [-0.4, -0.2) is 95.2 Å². The minimum Gasteiger partial charge on any atom is -0.480 e. The number of nitrogens with one attached hydrogen (secondary N) is 6. The summed E-state index contributed by atoms with van der Waals surface area (Å²) >= 11 is 0.